The number of hydrogen-bond acceptors (Lipinski definition) is 5. The highest BCUT2D eigenvalue weighted by atomic mass is 35.5. The normalized spacial score (nSPS) is 16.0. The Hall–Kier alpha value is -1.64. The summed E-state index contributed by atoms with van der Waals surface area (Å²) in [7, 11) is -3.50. The molecular weight excluding hydrogens is 364 g/mol. The Balaban J connectivity index is 0.00000312. The first-order valence-corrected chi connectivity index (χ1v) is 9.67. The van der Waals surface area contributed by atoms with Gasteiger partial charge in [0.15, 0.2) is 0 Å². The summed E-state index contributed by atoms with van der Waals surface area (Å²) in [5, 5.41) is 6.05. The highest BCUT2D eigenvalue weighted by molar-refractivity contribution is 7.90. The quantitative estimate of drug-likeness (QED) is 0.550. The maximum Gasteiger partial charge on any atom is 0.263 e. The Kier molecular flexibility index (Phi) is 8.88. The number of amides is 1. The monoisotopic (exact) mass is 388 g/mol. The zero-order valence-electron chi connectivity index (χ0n) is 14.2. The fourth-order valence-corrected chi connectivity index (χ4v) is 3.61. The van der Waals surface area contributed by atoms with Gasteiger partial charge in [0, 0.05) is 31.6 Å². The number of rotatable bonds is 9. The number of aliphatic imine (C=N–C) groups is 1. The molecule has 0 saturated carbocycles. The zero-order valence-corrected chi connectivity index (χ0v) is 15.9. The zero-order chi connectivity index (χ0) is 17.4. The second-order valence-electron chi connectivity index (χ2n) is 5.54. The molecule has 0 spiro atoms. The molecule has 1 aromatic carbocycles. The molecule has 7 nitrogen and oxygen atoms in total. The lowest BCUT2D eigenvalue weighted by Gasteiger charge is -2.05. The van der Waals surface area contributed by atoms with Gasteiger partial charge in [0.2, 0.25) is 5.91 Å². The van der Waals surface area contributed by atoms with E-state index in [1.807, 2.05) is 0 Å². The Morgan fingerprint density at radius 2 is 1.96 bits per heavy atom. The van der Waals surface area contributed by atoms with E-state index in [0.717, 1.165) is 19.5 Å². The van der Waals surface area contributed by atoms with Gasteiger partial charge in [-0.3, -0.25) is 14.5 Å². The van der Waals surface area contributed by atoms with Crippen LogP contribution in [0.5, 0.6) is 0 Å². The average molecular weight is 389 g/mol. The molecule has 1 aliphatic heterocycles. The summed E-state index contributed by atoms with van der Waals surface area (Å²) in [5.74, 6) is 0.343. The Bertz CT molecular complexity index is 707. The number of amidine groups is 1. The predicted octanol–water partition coefficient (Wildman–Crippen LogP) is 1.04. The highest BCUT2D eigenvalue weighted by Crippen LogP contribution is 2.22. The van der Waals surface area contributed by atoms with Crippen molar-refractivity contribution in [1.82, 2.24) is 15.4 Å². The van der Waals surface area contributed by atoms with Crippen molar-refractivity contribution in [3.05, 3.63) is 29.8 Å². The molecular formula is C16H25ClN4O3S. The smallest absolute Gasteiger partial charge is 0.263 e. The first-order chi connectivity index (χ1) is 11.5. The van der Waals surface area contributed by atoms with Gasteiger partial charge in [0.05, 0.1) is 4.90 Å². The number of carbonyl (C=O) groups excluding carboxylic acids is 1. The van der Waals surface area contributed by atoms with Crippen LogP contribution in [0.2, 0.25) is 0 Å². The van der Waals surface area contributed by atoms with Gasteiger partial charge < -0.3 is 10.6 Å². The lowest BCUT2D eigenvalue weighted by Crippen LogP contribution is -2.32. The van der Waals surface area contributed by atoms with Gasteiger partial charge in [-0.25, -0.2) is 8.42 Å². The summed E-state index contributed by atoms with van der Waals surface area (Å²) in [6, 6.07) is 6.74. The van der Waals surface area contributed by atoms with Crippen molar-refractivity contribution in [1.29, 1.82) is 0 Å². The molecule has 0 saturated heterocycles. The number of benzene rings is 1. The predicted molar refractivity (Wildman–Crippen MR) is 101 cm³/mol. The summed E-state index contributed by atoms with van der Waals surface area (Å²) >= 11 is 0. The van der Waals surface area contributed by atoms with Crippen LogP contribution in [-0.4, -0.2) is 46.3 Å². The molecule has 0 unspecified atom stereocenters. The van der Waals surface area contributed by atoms with Crippen molar-refractivity contribution in [2.45, 2.75) is 31.1 Å². The van der Waals surface area contributed by atoms with E-state index in [2.05, 4.69) is 27.3 Å². The van der Waals surface area contributed by atoms with E-state index in [1.165, 1.54) is 0 Å². The number of nitrogens with one attached hydrogen (secondary N) is 3. The highest BCUT2D eigenvalue weighted by Gasteiger charge is 2.29. The van der Waals surface area contributed by atoms with Crippen molar-refractivity contribution in [3.63, 3.8) is 0 Å². The van der Waals surface area contributed by atoms with E-state index >= 15 is 0 Å². The van der Waals surface area contributed by atoms with Crippen molar-refractivity contribution in [3.8, 4) is 0 Å². The number of fused-ring (bicyclic) bond motifs is 1. The molecule has 0 aromatic heterocycles. The van der Waals surface area contributed by atoms with Crippen LogP contribution in [-0.2, 0) is 14.8 Å². The van der Waals surface area contributed by atoms with Gasteiger partial charge >= 0.3 is 0 Å². The van der Waals surface area contributed by atoms with E-state index in [-0.39, 0.29) is 23.2 Å². The van der Waals surface area contributed by atoms with Crippen molar-refractivity contribution in [2.24, 2.45) is 4.99 Å². The molecule has 1 amide bonds. The minimum atomic E-state index is -3.50. The molecule has 140 valence electrons. The first-order valence-electron chi connectivity index (χ1n) is 8.18. The summed E-state index contributed by atoms with van der Waals surface area (Å²) < 4.78 is 26.3. The van der Waals surface area contributed by atoms with E-state index in [4.69, 9.17) is 0 Å². The molecule has 9 heteroatoms. The SMILES string of the molecule is CCCNCCNC(=O)CCCN=C1NS(=O)(=O)c2ccccc21.Cl. The summed E-state index contributed by atoms with van der Waals surface area (Å²) in [4.78, 5) is 16.2. The van der Waals surface area contributed by atoms with Crippen molar-refractivity contribution >= 4 is 34.2 Å². The lowest BCUT2D eigenvalue weighted by atomic mass is 10.2. The summed E-state index contributed by atoms with van der Waals surface area (Å²) in [5.41, 5.74) is 0.587. The van der Waals surface area contributed by atoms with Crippen LogP contribution in [0, 0.1) is 0 Å². The van der Waals surface area contributed by atoms with Crippen LogP contribution in [0.4, 0.5) is 0 Å². The fourth-order valence-electron chi connectivity index (χ4n) is 2.36. The van der Waals surface area contributed by atoms with Crippen molar-refractivity contribution in [2.75, 3.05) is 26.2 Å². The van der Waals surface area contributed by atoms with Gasteiger partial charge in [-0.15, -0.1) is 12.4 Å². The standard InChI is InChI=1S/C16H24N4O3S.ClH/c1-2-9-17-11-12-18-15(21)8-5-10-19-16-13-6-3-4-7-14(13)24(22,23)20-16;/h3-4,6-7,17H,2,5,8-12H2,1H3,(H,18,21)(H,19,20);1H. The number of halogens is 1. The van der Waals surface area contributed by atoms with E-state index < -0.39 is 10.0 Å². The van der Waals surface area contributed by atoms with E-state index in [9.17, 15) is 13.2 Å². The number of hydrogen-bond donors (Lipinski definition) is 3. The summed E-state index contributed by atoms with van der Waals surface area (Å²) in [6.07, 6.45) is 2.02. The van der Waals surface area contributed by atoms with Crippen LogP contribution in [0.25, 0.3) is 0 Å². The van der Waals surface area contributed by atoms with Gasteiger partial charge in [-0.1, -0.05) is 19.1 Å². The molecule has 0 atom stereocenters. The molecule has 1 aliphatic rings. The molecule has 1 aromatic rings. The molecule has 0 radical (unpaired) electrons. The number of sulfonamides is 1. The molecule has 0 aliphatic carbocycles. The van der Waals surface area contributed by atoms with Gasteiger partial charge in [0.25, 0.3) is 10.0 Å². The van der Waals surface area contributed by atoms with Gasteiger partial charge in [-0.2, -0.15) is 0 Å². The topological polar surface area (TPSA) is 99.7 Å². The fraction of sp³-hybridized carbons (Fsp3) is 0.500. The molecule has 1 heterocycles. The van der Waals surface area contributed by atoms with Crippen molar-refractivity contribution < 1.29 is 13.2 Å². The third-order valence-corrected chi connectivity index (χ3v) is 4.94. The van der Waals surface area contributed by atoms with Crippen LogP contribution in [0.3, 0.4) is 0 Å². The second-order valence-corrected chi connectivity index (χ2v) is 7.19. The molecule has 3 N–H and O–H groups in total. The number of carbonyl (C=O) groups is 1. The molecule has 25 heavy (non-hydrogen) atoms. The molecule has 0 bridgehead atoms. The maximum atomic E-state index is 11.9. The second kappa shape index (κ2) is 10.4. The van der Waals surface area contributed by atoms with Gasteiger partial charge in [-0.05, 0) is 31.5 Å². The van der Waals surface area contributed by atoms with E-state index in [0.29, 0.717) is 37.3 Å². The molecule has 0 fully saturated rings. The largest absolute Gasteiger partial charge is 0.355 e. The Morgan fingerprint density at radius 3 is 2.72 bits per heavy atom. The molecule has 2 rings (SSSR count). The van der Waals surface area contributed by atoms with Gasteiger partial charge in [0.1, 0.15) is 5.84 Å². The van der Waals surface area contributed by atoms with E-state index in [1.54, 1.807) is 24.3 Å². The van der Waals surface area contributed by atoms with Crippen LogP contribution >= 0.6 is 12.4 Å². The minimum Gasteiger partial charge on any atom is -0.355 e. The summed E-state index contributed by atoms with van der Waals surface area (Å²) in [6.45, 7) is 4.81. The maximum absolute atomic E-state index is 11.9. The first kappa shape index (κ1) is 21.4. The Labute approximate surface area is 155 Å². The Morgan fingerprint density at radius 1 is 1.20 bits per heavy atom. The third kappa shape index (κ3) is 6.30. The van der Waals surface area contributed by atoms with Crippen LogP contribution in [0.1, 0.15) is 31.7 Å². The van der Waals surface area contributed by atoms with Crippen LogP contribution in [0.15, 0.2) is 34.2 Å². The van der Waals surface area contributed by atoms with Crippen LogP contribution < -0.4 is 15.4 Å². The number of nitrogens with zero attached hydrogens (tertiary/aromatic N) is 1. The third-order valence-electron chi connectivity index (χ3n) is 3.55. The minimum absolute atomic E-state index is 0. The average Bonchev–Trinajstić information content (AvgIpc) is 2.83. The lowest BCUT2D eigenvalue weighted by molar-refractivity contribution is -0.121.